The SMILES string of the molecule is CCC(COC)NS(=O)(=O)N1CCC(CNC)CC1. The van der Waals surface area contributed by atoms with E-state index in [2.05, 4.69) is 10.0 Å². The molecule has 0 aromatic rings. The maximum atomic E-state index is 12.2. The summed E-state index contributed by atoms with van der Waals surface area (Å²) in [5, 5.41) is 3.15. The molecular formula is C12H27N3O3S. The molecule has 7 heteroatoms. The highest BCUT2D eigenvalue weighted by Gasteiger charge is 2.29. The largest absolute Gasteiger partial charge is 0.383 e. The zero-order valence-electron chi connectivity index (χ0n) is 12.2. The summed E-state index contributed by atoms with van der Waals surface area (Å²) >= 11 is 0. The molecule has 0 amide bonds. The van der Waals surface area contributed by atoms with Gasteiger partial charge in [0, 0.05) is 26.2 Å². The zero-order chi connectivity index (χ0) is 14.3. The van der Waals surface area contributed by atoms with Crippen molar-refractivity contribution in [2.75, 3.05) is 40.4 Å². The van der Waals surface area contributed by atoms with Crippen LogP contribution in [0.25, 0.3) is 0 Å². The first-order chi connectivity index (χ1) is 9.03. The van der Waals surface area contributed by atoms with Gasteiger partial charge in [-0.25, -0.2) is 0 Å². The van der Waals surface area contributed by atoms with Crippen LogP contribution in [-0.4, -0.2) is 59.2 Å². The molecule has 0 aromatic carbocycles. The third-order valence-corrected chi connectivity index (χ3v) is 5.26. The van der Waals surface area contributed by atoms with Gasteiger partial charge in [-0.3, -0.25) is 0 Å². The van der Waals surface area contributed by atoms with E-state index >= 15 is 0 Å². The lowest BCUT2D eigenvalue weighted by Crippen LogP contribution is -2.49. The number of ether oxygens (including phenoxy) is 1. The van der Waals surface area contributed by atoms with E-state index in [1.165, 1.54) is 0 Å². The van der Waals surface area contributed by atoms with Gasteiger partial charge < -0.3 is 10.1 Å². The molecule has 1 aliphatic heterocycles. The minimum absolute atomic E-state index is 0.148. The molecule has 1 heterocycles. The van der Waals surface area contributed by atoms with E-state index in [1.54, 1.807) is 11.4 Å². The minimum atomic E-state index is -3.37. The van der Waals surface area contributed by atoms with Crippen molar-refractivity contribution >= 4 is 10.2 Å². The van der Waals surface area contributed by atoms with E-state index in [-0.39, 0.29) is 6.04 Å². The van der Waals surface area contributed by atoms with Crippen LogP contribution < -0.4 is 10.0 Å². The Hall–Kier alpha value is -0.210. The van der Waals surface area contributed by atoms with Crippen molar-refractivity contribution in [3.05, 3.63) is 0 Å². The van der Waals surface area contributed by atoms with Crippen LogP contribution in [0.1, 0.15) is 26.2 Å². The second kappa shape index (κ2) is 8.16. The average molecular weight is 293 g/mol. The van der Waals surface area contributed by atoms with Gasteiger partial charge >= 0.3 is 0 Å². The van der Waals surface area contributed by atoms with Crippen LogP contribution in [0.5, 0.6) is 0 Å². The Bertz CT molecular complexity index is 340. The number of nitrogens with one attached hydrogen (secondary N) is 2. The summed E-state index contributed by atoms with van der Waals surface area (Å²) in [6, 6.07) is -0.148. The molecule has 0 radical (unpaired) electrons. The van der Waals surface area contributed by atoms with E-state index in [0.717, 1.165) is 25.8 Å². The first-order valence-corrected chi connectivity index (χ1v) is 8.38. The maximum Gasteiger partial charge on any atom is 0.279 e. The monoisotopic (exact) mass is 293 g/mol. The van der Waals surface area contributed by atoms with Crippen LogP contribution in [0.4, 0.5) is 0 Å². The maximum absolute atomic E-state index is 12.2. The quantitative estimate of drug-likeness (QED) is 0.670. The molecule has 6 nitrogen and oxygen atoms in total. The molecule has 1 saturated heterocycles. The number of piperidine rings is 1. The van der Waals surface area contributed by atoms with E-state index in [0.29, 0.717) is 25.6 Å². The summed E-state index contributed by atoms with van der Waals surface area (Å²) in [5.41, 5.74) is 0. The molecule has 0 aromatic heterocycles. The van der Waals surface area contributed by atoms with Gasteiger partial charge in [-0.15, -0.1) is 0 Å². The summed E-state index contributed by atoms with van der Waals surface area (Å²) in [6.07, 6.45) is 2.56. The molecule has 2 N–H and O–H groups in total. The third kappa shape index (κ3) is 5.35. The minimum Gasteiger partial charge on any atom is -0.383 e. The van der Waals surface area contributed by atoms with Crippen LogP contribution in [0.3, 0.4) is 0 Å². The fourth-order valence-electron chi connectivity index (χ4n) is 2.36. The van der Waals surface area contributed by atoms with Gasteiger partial charge in [-0.1, -0.05) is 6.92 Å². The normalized spacial score (nSPS) is 20.6. The van der Waals surface area contributed by atoms with Crippen LogP contribution in [0.2, 0.25) is 0 Å². The smallest absolute Gasteiger partial charge is 0.279 e. The molecule has 1 aliphatic rings. The fourth-order valence-corrected chi connectivity index (χ4v) is 3.86. The van der Waals surface area contributed by atoms with Crippen molar-refractivity contribution in [1.29, 1.82) is 0 Å². The summed E-state index contributed by atoms with van der Waals surface area (Å²) in [5.74, 6) is 0.581. The molecule has 1 unspecified atom stereocenters. The second-order valence-electron chi connectivity index (χ2n) is 5.08. The number of methoxy groups -OCH3 is 1. The van der Waals surface area contributed by atoms with Crippen molar-refractivity contribution in [1.82, 2.24) is 14.3 Å². The van der Waals surface area contributed by atoms with Gasteiger partial charge in [0.2, 0.25) is 0 Å². The second-order valence-corrected chi connectivity index (χ2v) is 6.79. The van der Waals surface area contributed by atoms with E-state index in [9.17, 15) is 8.42 Å². The van der Waals surface area contributed by atoms with Gasteiger partial charge in [-0.05, 0) is 38.8 Å². The average Bonchev–Trinajstić information content (AvgIpc) is 2.39. The highest BCUT2D eigenvalue weighted by atomic mass is 32.2. The Kier molecular flexibility index (Phi) is 7.23. The Labute approximate surface area is 117 Å². The summed E-state index contributed by atoms with van der Waals surface area (Å²) in [4.78, 5) is 0. The Morgan fingerprint density at radius 1 is 1.37 bits per heavy atom. The van der Waals surface area contributed by atoms with Gasteiger partial charge in [0.15, 0.2) is 0 Å². The lowest BCUT2D eigenvalue weighted by atomic mass is 9.98. The highest BCUT2D eigenvalue weighted by molar-refractivity contribution is 7.87. The van der Waals surface area contributed by atoms with Gasteiger partial charge in [0.05, 0.1) is 6.61 Å². The molecule has 19 heavy (non-hydrogen) atoms. The Morgan fingerprint density at radius 3 is 2.47 bits per heavy atom. The van der Waals surface area contributed by atoms with Crippen LogP contribution >= 0.6 is 0 Å². The van der Waals surface area contributed by atoms with Gasteiger partial charge in [-0.2, -0.15) is 17.4 Å². The van der Waals surface area contributed by atoms with Crippen LogP contribution in [0, 0.1) is 5.92 Å². The fraction of sp³-hybridized carbons (Fsp3) is 1.00. The van der Waals surface area contributed by atoms with E-state index in [4.69, 9.17) is 4.74 Å². The van der Waals surface area contributed by atoms with Crippen molar-refractivity contribution < 1.29 is 13.2 Å². The molecule has 1 rings (SSSR count). The number of hydrogen-bond donors (Lipinski definition) is 2. The van der Waals surface area contributed by atoms with Crippen molar-refractivity contribution in [2.45, 2.75) is 32.2 Å². The lowest BCUT2D eigenvalue weighted by molar-refractivity contribution is 0.171. The molecule has 1 fully saturated rings. The number of nitrogens with zero attached hydrogens (tertiary/aromatic N) is 1. The Balaban J connectivity index is 2.50. The third-order valence-electron chi connectivity index (χ3n) is 3.58. The predicted octanol–water partition coefficient (Wildman–Crippen LogP) is 0.177. The van der Waals surface area contributed by atoms with Gasteiger partial charge in [0.25, 0.3) is 10.2 Å². The summed E-state index contributed by atoms with van der Waals surface area (Å²) < 4.78 is 33.8. The summed E-state index contributed by atoms with van der Waals surface area (Å²) in [7, 11) is 0.143. The first kappa shape index (κ1) is 16.8. The van der Waals surface area contributed by atoms with E-state index < -0.39 is 10.2 Å². The van der Waals surface area contributed by atoms with Crippen molar-refractivity contribution in [2.24, 2.45) is 5.92 Å². The first-order valence-electron chi connectivity index (χ1n) is 6.94. The molecule has 0 saturated carbocycles. The molecule has 114 valence electrons. The predicted molar refractivity (Wildman–Crippen MR) is 76.2 cm³/mol. The molecule has 0 aliphatic carbocycles. The molecular weight excluding hydrogens is 266 g/mol. The van der Waals surface area contributed by atoms with Crippen molar-refractivity contribution in [3.8, 4) is 0 Å². The van der Waals surface area contributed by atoms with Crippen LogP contribution in [0.15, 0.2) is 0 Å². The Morgan fingerprint density at radius 2 is 2.00 bits per heavy atom. The number of hydrogen-bond acceptors (Lipinski definition) is 4. The van der Waals surface area contributed by atoms with Gasteiger partial charge in [0.1, 0.15) is 0 Å². The van der Waals surface area contributed by atoms with Crippen molar-refractivity contribution in [3.63, 3.8) is 0 Å². The standard InChI is InChI=1S/C12H27N3O3S/c1-4-12(10-18-3)14-19(16,17)15-7-5-11(6-8-15)9-13-2/h11-14H,4-10H2,1-3H3. The molecule has 0 bridgehead atoms. The topological polar surface area (TPSA) is 70.7 Å². The van der Waals surface area contributed by atoms with E-state index in [1.807, 2.05) is 14.0 Å². The molecule has 0 spiro atoms. The molecule has 1 atom stereocenters. The highest BCUT2D eigenvalue weighted by Crippen LogP contribution is 2.18. The lowest BCUT2D eigenvalue weighted by Gasteiger charge is -2.32. The summed E-state index contributed by atoms with van der Waals surface area (Å²) in [6.45, 7) is 4.52. The van der Waals surface area contributed by atoms with Crippen LogP contribution in [-0.2, 0) is 14.9 Å². The zero-order valence-corrected chi connectivity index (χ0v) is 13.0. The number of rotatable bonds is 8.